The molecule has 1 saturated heterocycles. The number of morpholine rings is 1. The molecule has 202 valence electrons. The highest BCUT2D eigenvalue weighted by molar-refractivity contribution is 6.00. The fourth-order valence-electron chi connectivity index (χ4n) is 4.58. The van der Waals surface area contributed by atoms with Gasteiger partial charge in [0.25, 0.3) is 5.91 Å². The van der Waals surface area contributed by atoms with E-state index in [0.29, 0.717) is 18.5 Å². The quantitative estimate of drug-likeness (QED) is 0.358. The van der Waals surface area contributed by atoms with Crippen molar-refractivity contribution in [1.29, 1.82) is 0 Å². The Labute approximate surface area is 223 Å². The summed E-state index contributed by atoms with van der Waals surface area (Å²) in [5.74, 6) is -0.759. The van der Waals surface area contributed by atoms with E-state index in [4.69, 9.17) is 21.2 Å². The van der Waals surface area contributed by atoms with E-state index in [9.17, 15) is 9.18 Å². The molecular weight excluding hydrogens is 483 g/mol. The maximum atomic E-state index is 13.3. The van der Waals surface area contributed by atoms with Gasteiger partial charge in [0.05, 0.1) is 30.6 Å². The van der Waals surface area contributed by atoms with Crippen molar-refractivity contribution in [3.8, 4) is 0 Å². The van der Waals surface area contributed by atoms with Crippen LogP contribution in [0.5, 0.6) is 0 Å². The highest BCUT2D eigenvalue weighted by atomic mass is 19.1. The number of aliphatic imine (C=N–C) groups is 1. The van der Waals surface area contributed by atoms with Crippen molar-refractivity contribution in [2.45, 2.75) is 31.8 Å². The molecule has 0 aromatic heterocycles. The van der Waals surface area contributed by atoms with Crippen LogP contribution in [0.25, 0.3) is 0 Å². The molecule has 6 N–H and O–H groups in total. The molecule has 0 aliphatic carbocycles. The van der Waals surface area contributed by atoms with Crippen LogP contribution in [-0.2, 0) is 16.1 Å². The molecule has 0 spiro atoms. The largest absolute Gasteiger partial charge is 0.397 e. The molecule has 2 heterocycles. The molecule has 2 aliphatic heterocycles. The van der Waals surface area contributed by atoms with Gasteiger partial charge in [-0.25, -0.2) is 9.38 Å². The van der Waals surface area contributed by atoms with Gasteiger partial charge < -0.3 is 26.8 Å². The van der Waals surface area contributed by atoms with E-state index in [0.717, 1.165) is 62.7 Å². The molecule has 9 heteroatoms. The van der Waals surface area contributed by atoms with E-state index in [2.05, 4.69) is 27.7 Å². The van der Waals surface area contributed by atoms with Crippen molar-refractivity contribution >= 4 is 11.6 Å². The predicted molar refractivity (Wildman–Crippen MR) is 147 cm³/mol. The summed E-state index contributed by atoms with van der Waals surface area (Å²) in [5.41, 5.74) is 15.7. The van der Waals surface area contributed by atoms with Crippen LogP contribution >= 0.6 is 0 Å². The third-order valence-corrected chi connectivity index (χ3v) is 6.74. The first kappa shape index (κ1) is 27.5. The van der Waals surface area contributed by atoms with Crippen LogP contribution in [-0.4, -0.2) is 55.9 Å². The molecule has 2 aromatic carbocycles. The molecule has 0 bridgehead atoms. The maximum Gasteiger partial charge on any atom is 0.272 e. The number of rotatable bonds is 10. The van der Waals surface area contributed by atoms with Crippen LogP contribution in [0.4, 0.5) is 4.39 Å². The summed E-state index contributed by atoms with van der Waals surface area (Å²) in [6.45, 7) is 5.49. The average molecular weight is 521 g/mol. The third kappa shape index (κ3) is 7.74. The van der Waals surface area contributed by atoms with Crippen molar-refractivity contribution in [1.82, 2.24) is 15.5 Å². The number of carbonyl (C=O) groups excluding carboxylic acids is 1. The molecule has 2 aliphatic rings. The van der Waals surface area contributed by atoms with Gasteiger partial charge in [0.2, 0.25) is 0 Å². The fourth-order valence-corrected chi connectivity index (χ4v) is 4.58. The fraction of sp³-hybridized carbons (Fsp3) is 0.379. The summed E-state index contributed by atoms with van der Waals surface area (Å²) in [4.78, 5) is 20.5. The second-order valence-corrected chi connectivity index (χ2v) is 9.48. The van der Waals surface area contributed by atoms with Crippen LogP contribution < -0.4 is 22.1 Å². The van der Waals surface area contributed by atoms with Crippen LogP contribution in [0.2, 0.25) is 0 Å². The van der Waals surface area contributed by atoms with Gasteiger partial charge in [-0.1, -0.05) is 48.5 Å². The van der Waals surface area contributed by atoms with Crippen LogP contribution in [0.1, 0.15) is 36.4 Å². The van der Waals surface area contributed by atoms with Crippen molar-refractivity contribution < 1.29 is 13.9 Å². The molecule has 8 nitrogen and oxygen atoms in total. The molecule has 2 aromatic rings. The summed E-state index contributed by atoms with van der Waals surface area (Å²) in [5, 5.41) is 6.52. The summed E-state index contributed by atoms with van der Waals surface area (Å²) in [6.07, 6.45) is 4.11. The minimum atomic E-state index is -0.429. The molecule has 1 amide bonds. The highest BCUT2D eigenvalue weighted by Crippen LogP contribution is 2.23. The van der Waals surface area contributed by atoms with Gasteiger partial charge in [0.1, 0.15) is 5.82 Å². The first-order valence-electron chi connectivity index (χ1n) is 13.2. The van der Waals surface area contributed by atoms with Crippen molar-refractivity contribution in [3.63, 3.8) is 0 Å². The number of hydrogen-bond donors (Lipinski definition) is 4. The monoisotopic (exact) mass is 520 g/mol. The number of allylic oxidation sites excluding steroid dienone is 1. The number of nitrogens with two attached hydrogens (primary N) is 2. The average Bonchev–Trinajstić information content (AvgIpc) is 2.94. The Morgan fingerprint density at radius 3 is 2.55 bits per heavy atom. The van der Waals surface area contributed by atoms with E-state index in [1.54, 1.807) is 12.1 Å². The molecule has 1 unspecified atom stereocenters. The number of hydrogen-bond acceptors (Lipinski definition) is 7. The first-order valence-corrected chi connectivity index (χ1v) is 13.2. The lowest BCUT2D eigenvalue weighted by Crippen LogP contribution is -2.38. The van der Waals surface area contributed by atoms with Gasteiger partial charge in [-0.2, -0.15) is 0 Å². The number of ether oxygens (including phenoxy) is 1. The number of nitrogens with zero attached hydrogens (tertiary/aromatic N) is 2. The van der Waals surface area contributed by atoms with Crippen molar-refractivity contribution in [2.24, 2.45) is 16.5 Å². The van der Waals surface area contributed by atoms with Gasteiger partial charge in [0, 0.05) is 25.3 Å². The lowest BCUT2D eigenvalue weighted by atomic mass is 9.97. The molecule has 4 rings (SSSR count). The normalized spacial score (nSPS) is 21.0. The van der Waals surface area contributed by atoms with Gasteiger partial charge >= 0.3 is 0 Å². The Morgan fingerprint density at radius 1 is 1.08 bits per heavy atom. The second-order valence-electron chi connectivity index (χ2n) is 9.48. The standard InChI is InChI=1S/C29H37FN6O2/c30-23-12-10-21(11-13-23)20-34-29(37)28-26(32)24(31)8-4-9-25(35-28)27(22-6-2-1-3-7-22)33-14-5-15-36-16-18-38-19-17-36/h1-3,6-8,10-13,27,33H,4-5,9,14-20,31-32H2,(H,34,37)/b24-8+,28-26+,35-25?. The van der Waals surface area contributed by atoms with Crippen LogP contribution in [0.3, 0.4) is 0 Å². The first-order chi connectivity index (χ1) is 18.5. The smallest absolute Gasteiger partial charge is 0.272 e. The summed E-state index contributed by atoms with van der Waals surface area (Å²) < 4.78 is 18.7. The number of halogens is 1. The molecule has 38 heavy (non-hydrogen) atoms. The molecule has 1 fully saturated rings. The maximum absolute atomic E-state index is 13.3. The lowest BCUT2D eigenvalue weighted by molar-refractivity contribution is -0.117. The van der Waals surface area contributed by atoms with Crippen LogP contribution in [0, 0.1) is 5.82 Å². The van der Waals surface area contributed by atoms with Gasteiger partial charge in [-0.3, -0.25) is 9.69 Å². The summed E-state index contributed by atoms with van der Waals surface area (Å²) in [7, 11) is 0. The van der Waals surface area contributed by atoms with Crippen molar-refractivity contribution in [2.75, 3.05) is 39.4 Å². The van der Waals surface area contributed by atoms with Crippen molar-refractivity contribution in [3.05, 3.63) is 94.7 Å². The highest BCUT2D eigenvalue weighted by Gasteiger charge is 2.23. The number of benzene rings is 2. The van der Waals surface area contributed by atoms with Gasteiger partial charge in [-0.15, -0.1) is 0 Å². The zero-order chi connectivity index (χ0) is 26.7. The number of carbonyl (C=O) groups is 1. The summed E-state index contributed by atoms with van der Waals surface area (Å²) in [6, 6.07) is 15.9. The lowest BCUT2D eigenvalue weighted by Gasteiger charge is -2.27. The van der Waals surface area contributed by atoms with E-state index < -0.39 is 5.91 Å². The zero-order valence-corrected chi connectivity index (χ0v) is 21.7. The number of amides is 1. The minimum Gasteiger partial charge on any atom is -0.397 e. The summed E-state index contributed by atoms with van der Waals surface area (Å²) >= 11 is 0. The zero-order valence-electron chi connectivity index (χ0n) is 21.7. The van der Waals surface area contributed by atoms with E-state index >= 15 is 0 Å². The number of nitrogens with one attached hydrogen (secondary N) is 2. The second kappa shape index (κ2) is 13.9. The molecular formula is C29H37FN6O2. The van der Waals surface area contributed by atoms with E-state index in [1.807, 2.05) is 24.3 Å². The SMILES string of the molecule is NC1=C/CCC(C(NCCCN2CCOCC2)c2ccccc2)=N/C(C(=O)NCc2ccc(F)cc2)=C\1N. The Balaban J connectivity index is 1.52. The third-order valence-electron chi connectivity index (χ3n) is 6.74. The minimum absolute atomic E-state index is 0.0895. The Hall–Kier alpha value is -3.53. The Bertz CT molecular complexity index is 1160. The van der Waals surface area contributed by atoms with Crippen LogP contribution in [0.15, 0.2) is 82.8 Å². The molecule has 0 saturated carbocycles. The van der Waals surface area contributed by atoms with E-state index in [1.165, 1.54) is 12.1 Å². The Morgan fingerprint density at radius 2 is 1.82 bits per heavy atom. The molecule has 1 atom stereocenters. The predicted octanol–water partition coefficient (Wildman–Crippen LogP) is 2.74. The molecule has 0 radical (unpaired) electrons. The van der Waals surface area contributed by atoms with Gasteiger partial charge in [-0.05, 0) is 55.6 Å². The Kier molecular flexibility index (Phi) is 10.0. The topological polar surface area (TPSA) is 118 Å². The van der Waals surface area contributed by atoms with Gasteiger partial charge in [0.15, 0.2) is 5.70 Å². The van der Waals surface area contributed by atoms with E-state index in [-0.39, 0.29) is 29.8 Å².